The predicted octanol–water partition coefficient (Wildman–Crippen LogP) is -4.46. The molecule has 0 aromatic carbocycles. The largest absolute Gasteiger partial charge is 0.394 e. The topological polar surface area (TPSA) is 169 Å². The smallest absolute Gasteiger partial charge is 0.187 e. The van der Waals surface area contributed by atoms with Crippen molar-refractivity contribution in [3.8, 4) is 0 Å². The molecule has 2 aliphatic heterocycles. The van der Waals surface area contributed by atoms with Gasteiger partial charge in [0.1, 0.15) is 54.3 Å². The molecule has 7 N–H and O–H groups in total. The summed E-state index contributed by atoms with van der Waals surface area (Å²) < 4.78 is 15.7. The molecule has 11 heteroatoms. The third-order valence-corrected chi connectivity index (χ3v) is 4.41. The van der Waals surface area contributed by atoms with Gasteiger partial charge in [-0.15, -0.1) is 12.6 Å². The molecule has 0 aromatic heterocycles. The molecule has 2 aliphatic rings. The van der Waals surface area contributed by atoms with E-state index in [1.807, 2.05) is 0 Å². The molecule has 23 heavy (non-hydrogen) atoms. The first-order valence-electron chi connectivity index (χ1n) is 7.08. The highest BCUT2D eigenvalue weighted by Gasteiger charge is 2.49. The fourth-order valence-electron chi connectivity index (χ4n) is 2.57. The van der Waals surface area contributed by atoms with E-state index in [4.69, 9.17) is 19.3 Å². The summed E-state index contributed by atoms with van der Waals surface area (Å²) in [5.41, 5.74) is -1.04. The van der Waals surface area contributed by atoms with Crippen molar-refractivity contribution in [2.75, 3.05) is 13.2 Å². The fraction of sp³-hybridized carbons (Fsp3) is 1.00. The third kappa shape index (κ3) is 3.80. The molecule has 136 valence electrons. The standard InChI is InChI=1S/C12H22O10S/c13-1-3-5(15)6(16)8(18)11(20-3)22-10-4(2-14)21-12(23)9(19)7(10)17/h3-19,23H,1-2H2/t3-,4+,5+,6+,7+,8+,9-,10-,11+,12-/m1/s1. The molecule has 2 heterocycles. The van der Waals surface area contributed by atoms with Gasteiger partial charge >= 0.3 is 0 Å². The summed E-state index contributed by atoms with van der Waals surface area (Å²) >= 11 is 3.92. The van der Waals surface area contributed by atoms with Crippen LogP contribution in [0.4, 0.5) is 0 Å². The molecular formula is C12H22O10S. The van der Waals surface area contributed by atoms with Crippen LogP contribution in [0.15, 0.2) is 0 Å². The van der Waals surface area contributed by atoms with E-state index < -0.39 is 73.8 Å². The van der Waals surface area contributed by atoms with Gasteiger partial charge in [-0.05, 0) is 0 Å². The summed E-state index contributed by atoms with van der Waals surface area (Å²) in [6.07, 6.45) is -12.9. The highest BCUT2D eigenvalue weighted by atomic mass is 32.1. The number of ether oxygens (including phenoxy) is 3. The van der Waals surface area contributed by atoms with E-state index in [0.29, 0.717) is 0 Å². The summed E-state index contributed by atoms with van der Waals surface area (Å²) in [6, 6.07) is 0. The van der Waals surface area contributed by atoms with Crippen LogP contribution in [-0.4, -0.2) is 110 Å². The lowest BCUT2D eigenvalue weighted by Gasteiger charge is -2.45. The maximum absolute atomic E-state index is 10.1. The number of aliphatic hydroxyl groups excluding tert-OH is 7. The van der Waals surface area contributed by atoms with Crippen molar-refractivity contribution in [2.45, 2.75) is 60.6 Å². The van der Waals surface area contributed by atoms with E-state index in [-0.39, 0.29) is 0 Å². The maximum Gasteiger partial charge on any atom is 0.187 e. The Morgan fingerprint density at radius 1 is 0.739 bits per heavy atom. The number of aliphatic hydroxyl groups is 7. The first-order chi connectivity index (χ1) is 10.8. The molecule has 2 rings (SSSR count). The SMILES string of the molecule is OC[C@@H]1O[C@H](S)[C@H](O)[C@H](O)[C@@H]1O[C@@H]1O[C@H](CO)[C@H](O)[C@H](O)[C@@H]1O. The Morgan fingerprint density at radius 3 is 1.91 bits per heavy atom. The fourth-order valence-corrected chi connectivity index (χ4v) is 2.90. The van der Waals surface area contributed by atoms with Crippen LogP contribution in [0.1, 0.15) is 0 Å². The Labute approximate surface area is 137 Å². The minimum Gasteiger partial charge on any atom is -0.394 e. The predicted molar refractivity (Wildman–Crippen MR) is 75.4 cm³/mol. The molecule has 0 saturated carbocycles. The maximum atomic E-state index is 10.1. The second kappa shape index (κ2) is 7.89. The molecular weight excluding hydrogens is 336 g/mol. The van der Waals surface area contributed by atoms with Gasteiger partial charge in [-0.1, -0.05) is 0 Å². The summed E-state index contributed by atoms with van der Waals surface area (Å²) in [6.45, 7) is -1.21. The van der Waals surface area contributed by atoms with Crippen LogP contribution in [0, 0.1) is 0 Å². The van der Waals surface area contributed by atoms with E-state index in [9.17, 15) is 30.6 Å². The van der Waals surface area contributed by atoms with Gasteiger partial charge in [0.2, 0.25) is 0 Å². The number of hydrogen-bond acceptors (Lipinski definition) is 11. The Bertz CT molecular complexity index is 383. The van der Waals surface area contributed by atoms with Crippen LogP contribution in [0.5, 0.6) is 0 Å². The quantitative estimate of drug-likeness (QED) is 0.229. The number of hydrogen-bond donors (Lipinski definition) is 8. The van der Waals surface area contributed by atoms with Crippen LogP contribution >= 0.6 is 12.6 Å². The third-order valence-electron chi connectivity index (χ3n) is 3.98. The zero-order valence-corrected chi connectivity index (χ0v) is 12.9. The first kappa shape index (κ1) is 19.3. The van der Waals surface area contributed by atoms with Gasteiger partial charge in [-0.2, -0.15) is 0 Å². The normalized spacial score (nSPS) is 51.7. The Morgan fingerprint density at radius 2 is 1.35 bits per heavy atom. The van der Waals surface area contributed by atoms with E-state index in [1.165, 1.54) is 0 Å². The average Bonchev–Trinajstić information content (AvgIpc) is 2.55. The van der Waals surface area contributed by atoms with Crippen LogP contribution in [-0.2, 0) is 14.2 Å². The molecule has 0 unspecified atom stereocenters. The molecule has 0 aromatic rings. The Kier molecular flexibility index (Phi) is 6.61. The second-order valence-electron chi connectivity index (χ2n) is 5.53. The monoisotopic (exact) mass is 358 g/mol. The Balaban J connectivity index is 2.11. The zero-order valence-electron chi connectivity index (χ0n) is 12.0. The van der Waals surface area contributed by atoms with E-state index in [1.54, 1.807) is 0 Å². The molecule has 0 aliphatic carbocycles. The van der Waals surface area contributed by atoms with Crippen LogP contribution in [0.25, 0.3) is 0 Å². The van der Waals surface area contributed by atoms with Crippen LogP contribution in [0.2, 0.25) is 0 Å². The number of thiol groups is 1. The lowest BCUT2D eigenvalue weighted by molar-refractivity contribution is -0.338. The van der Waals surface area contributed by atoms with Gasteiger partial charge in [0.05, 0.1) is 13.2 Å². The van der Waals surface area contributed by atoms with Gasteiger partial charge < -0.3 is 50.0 Å². The summed E-state index contributed by atoms with van der Waals surface area (Å²) in [5, 5.41) is 67.6. The number of rotatable bonds is 4. The lowest BCUT2D eigenvalue weighted by atomic mass is 9.97. The molecule has 0 spiro atoms. The van der Waals surface area contributed by atoms with Gasteiger partial charge in [-0.3, -0.25) is 0 Å². The van der Waals surface area contributed by atoms with E-state index in [0.717, 1.165) is 0 Å². The Hall–Kier alpha value is -0.0500. The molecule has 10 atom stereocenters. The van der Waals surface area contributed by atoms with Crippen molar-refractivity contribution in [1.82, 2.24) is 0 Å². The van der Waals surface area contributed by atoms with Gasteiger partial charge in [0, 0.05) is 0 Å². The van der Waals surface area contributed by atoms with E-state index >= 15 is 0 Å². The van der Waals surface area contributed by atoms with Crippen molar-refractivity contribution in [3.05, 3.63) is 0 Å². The van der Waals surface area contributed by atoms with Crippen molar-refractivity contribution < 1.29 is 50.0 Å². The lowest BCUT2D eigenvalue weighted by Crippen LogP contribution is -2.63. The molecule has 0 radical (unpaired) electrons. The van der Waals surface area contributed by atoms with Crippen molar-refractivity contribution in [2.24, 2.45) is 0 Å². The van der Waals surface area contributed by atoms with Crippen molar-refractivity contribution >= 4 is 12.6 Å². The molecule has 10 nitrogen and oxygen atoms in total. The second-order valence-corrected chi connectivity index (χ2v) is 6.04. The van der Waals surface area contributed by atoms with Gasteiger partial charge in [0.25, 0.3) is 0 Å². The highest BCUT2D eigenvalue weighted by molar-refractivity contribution is 7.80. The minimum absolute atomic E-state index is 0.567. The summed E-state index contributed by atoms with van der Waals surface area (Å²) in [4.78, 5) is 0. The zero-order chi connectivity index (χ0) is 17.3. The average molecular weight is 358 g/mol. The van der Waals surface area contributed by atoms with Crippen LogP contribution in [0.3, 0.4) is 0 Å². The molecule has 2 fully saturated rings. The van der Waals surface area contributed by atoms with Crippen LogP contribution < -0.4 is 0 Å². The van der Waals surface area contributed by atoms with Gasteiger partial charge in [-0.25, -0.2) is 0 Å². The minimum atomic E-state index is -1.68. The molecule has 2 saturated heterocycles. The molecule has 0 amide bonds. The summed E-state index contributed by atoms with van der Waals surface area (Å²) in [5.74, 6) is 0. The first-order valence-corrected chi connectivity index (χ1v) is 7.60. The van der Waals surface area contributed by atoms with Crippen molar-refractivity contribution in [1.29, 1.82) is 0 Å². The van der Waals surface area contributed by atoms with E-state index in [2.05, 4.69) is 12.6 Å². The van der Waals surface area contributed by atoms with Gasteiger partial charge in [0.15, 0.2) is 6.29 Å². The highest BCUT2D eigenvalue weighted by Crippen LogP contribution is 2.29. The van der Waals surface area contributed by atoms with Crippen molar-refractivity contribution in [3.63, 3.8) is 0 Å². The molecule has 0 bridgehead atoms. The summed E-state index contributed by atoms with van der Waals surface area (Å²) in [7, 11) is 0.